The number of aromatic nitrogens is 5. The van der Waals surface area contributed by atoms with Gasteiger partial charge >= 0.3 is 0 Å². The summed E-state index contributed by atoms with van der Waals surface area (Å²) in [5, 5.41) is 0.0467. The van der Waals surface area contributed by atoms with E-state index in [9.17, 15) is 14.0 Å². The molecule has 0 aliphatic carbocycles. The minimum atomic E-state index is -0.708. The molecule has 11 nitrogen and oxygen atoms in total. The summed E-state index contributed by atoms with van der Waals surface area (Å²) in [6.07, 6.45) is 3.39. The van der Waals surface area contributed by atoms with Gasteiger partial charge in [-0.2, -0.15) is 0 Å². The highest BCUT2D eigenvalue weighted by atomic mass is 32.1. The number of amides is 2. The Hall–Kier alpha value is -5.27. The van der Waals surface area contributed by atoms with E-state index in [1.54, 1.807) is 17.3 Å². The van der Waals surface area contributed by atoms with Crippen LogP contribution >= 0.6 is 11.3 Å². The fourth-order valence-corrected chi connectivity index (χ4v) is 6.40. The van der Waals surface area contributed by atoms with Crippen molar-refractivity contribution in [2.45, 2.75) is 6.54 Å². The number of nitrogens with zero attached hydrogens (tertiary/aromatic N) is 7. The minimum absolute atomic E-state index is 0.0467. The van der Waals surface area contributed by atoms with Crippen LogP contribution in [0.1, 0.15) is 25.7 Å². The topological polar surface area (TPSA) is 149 Å². The first-order valence-corrected chi connectivity index (χ1v) is 14.7. The molecule has 2 aromatic carbocycles. The number of carbonyl (C=O) groups is 2. The van der Waals surface area contributed by atoms with Crippen LogP contribution in [0.2, 0.25) is 0 Å². The smallest absolute Gasteiger partial charge is 0.277 e. The monoisotopic (exact) mass is 607 g/mol. The summed E-state index contributed by atoms with van der Waals surface area (Å²) >= 11 is 1.01. The van der Waals surface area contributed by atoms with Crippen LogP contribution in [0.4, 0.5) is 10.2 Å². The van der Waals surface area contributed by atoms with Gasteiger partial charge in [0, 0.05) is 56.9 Å². The Labute approximate surface area is 254 Å². The third-order valence-electron chi connectivity index (χ3n) is 7.65. The van der Waals surface area contributed by atoms with Crippen LogP contribution in [0, 0.1) is 5.82 Å². The van der Waals surface area contributed by atoms with E-state index in [0.717, 1.165) is 39.3 Å². The molecule has 1 saturated heterocycles. The van der Waals surface area contributed by atoms with E-state index in [0.29, 0.717) is 49.1 Å². The van der Waals surface area contributed by atoms with Gasteiger partial charge in [0.2, 0.25) is 0 Å². The Morgan fingerprint density at radius 2 is 1.66 bits per heavy atom. The molecule has 44 heavy (non-hydrogen) atoms. The Morgan fingerprint density at radius 1 is 0.909 bits per heavy atom. The van der Waals surface area contributed by atoms with Crippen molar-refractivity contribution in [1.82, 2.24) is 34.3 Å². The maximum Gasteiger partial charge on any atom is 0.277 e. The molecule has 4 aromatic heterocycles. The lowest BCUT2D eigenvalue weighted by molar-refractivity contribution is 0.0630. The number of fused-ring (bicyclic) bond motifs is 2. The van der Waals surface area contributed by atoms with Crippen LogP contribution in [0.5, 0.6) is 0 Å². The van der Waals surface area contributed by atoms with Gasteiger partial charge in [-0.3, -0.25) is 19.1 Å². The molecule has 1 fully saturated rings. The Bertz CT molecular complexity index is 2050. The summed E-state index contributed by atoms with van der Waals surface area (Å²) in [7, 11) is 0. The summed E-state index contributed by atoms with van der Waals surface area (Å²) in [4.78, 5) is 46.7. The van der Waals surface area contributed by atoms with Gasteiger partial charge in [-0.25, -0.2) is 24.3 Å². The number of nitrogens with two attached hydrogens (primary N) is 2. The second-order valence-corrected chi connectivity index (χ2v) is 11.5. The number of halogens is 1. The van der Waals surface area contributed by atoms with Crippen LogP contribution in [0.25, 0.3) is 38.5 Å². The molecule has 0 atom stereocenters. The van der Waals surface area contributed by atoms with Crippen molar-refractivity contribution >= 4 is 50.3 Å². The van der Waals surface area contributed by atoms with E-state index in [2.05, 4.69) is 32.0 Å². The lowest BCUT2D eigenvalue weighted by atomic mass is 10.1. The summed E-state index contributed by atoms with van der Waals surface area (Å²) in [6.45, 7) is 2.98. The molecular weight excluding hydrogens is 581 g/mol. The molecule has 0 radical (unpaired) electrons. The van der Waals surface area contributed by atoms with Crippen molar-refractivity contribution < 1.29 is 14.0 Å². The highest BCUT2D eigenvalue weighted by Gasteiger charge is 2.26. The number of thiazole rings is 1. The van der Waals surface area contributed by atoms with E-state index < -0.39 is 11.7 Å². The highest BCUT2D eigenvalue weighted by molar-refractivity contribution is 7.20. The third kappa shape index (κ3) is 5.01. The molecule has 0 spiro atoms. The Morgan fingerprint density at radius 3 is 2.41 bits per heavy atom. The summed E-state index contributed by atoms with van der Waals surface area (Å²) in [5.74, 6) is -0.523. The number of piperazine rings is 1. The van der Waals surface area contributed by atoms with Gasteiger partial charge in [-0.1, -0.05) is 12.1 Å². The normalized spacial score (nSPS) is 14.0. The fourth-order valence-electron chi connectivity index (χ4n) is 5.50. The van der Waals surface area contributed by atoms with E-state index in [1.807, 2.05) is 41.0 Å². The van der Waals surface area contributed by atoms with Crippen molar-refractivity contribution in [3.63, 3.8) is 0 Å². The van der Waals surface area contributed by atoms with Gasteiger partial charge in [0.05, 0.1) is 21.3 Å². The minimum Gasteiger partial charge on any atom is -0.383 e. The third-order valence-corrected chi connectivity index (χ3v) is 8.77. The molecule has 0 bridgehead atoms. The number of benzene rings is 2. The highest BCUT2D eigenvalue weighted by Crippen LogP contribution is 2.31. The predicted molar refractivity (Wildman–Crippen MR) is 166 cm³/mol. The van der Waals surface area contributed by atoms with Crippen molar-refractivity contribution in [1.29, 1.82) is 0 Å². The number of hydrogen-bond donors (Lipinski definition) is 2. The van der Waals surface area contributed by atoms with Crippen LogP contribution in [0.3, 0.4) is 0 Å². The van der Waals surface area contributed by atoms with Gasteiger partial charge in [-0.15, -0.1) is 11.3 Å². The maximum absolute atomic E-state index is 14.3. The van der Waals surface area contributed by atoms with Crippen LogP contribution in [-0.2, 0) is 6.54 Å². The molecule has 0 unspecified atom stereocenters. The van der Waals surface area contributed by atoms with Crippen molar-refractivity contribution in [2.24, 2.45) is 5.73 Å². The van der Waals surface area contributed by atoms with Crippen molar-refractivity contribution in [3.05, 3.63) is 95.0 Å². The van der Waals surface area contributed by atoms with E-state index >= 15 is 0 Å². The molecule has 1 aliphatic heterocycles. The summed E-state index contributed by atoms with van der Waals surface area (Å²) < 4.78 is 16.8. The summed E-state index contributed by atoms with van der Waals surface area (Å²) in [6, 6.07) is 18.1. The van der Waals surface area contributed by atoms with Gasteiger partial charge in [0.25, 0.3) is 11.8 Å². The zero-order valence-corrected chi connectivity index (χ0v) is 24.2. The van der Waals surface area contributed by atoms with Crippen LogP contribution in [0.15, 0.2) is 73.1 Å². The fraction of sp³-hybridized carbons (Fsp3) is 0.161. The molecule has 220 valence electrons. The second kappa shape index (κ2) is 11.1. The molecule has 6 aromatic rings. The largest absolute Gasteiger partial charge is 0.383 e. The number of imidazole rings is 1. The molecule has 2 amide bonds. The summed E-state index contributed by atoms with van der Waals surface area (Å²) in [5.41, 5.74) is 16.2. The number of nitrogen functional groups attached to an aromatic ring is 1. The van der Waals surface area contributed by atoms with E-state index in [4.69, 9.17) is 16.5 Å². The quantitative estimate of drug-likeness (QED) is 0.290. The first-order chi connectivity index (χ1) is 21.4. The van der Waals surface area contributed by atoms with Crippen LogP contribution in [-0.4, -0.2) is 72.3 Å². The number of pyridine rings is 2. The SMILES string of the molecule is NC(=O)c1nc2cc(F)cc(C(=O)N3CCN(Cc4ccc(-n5c(-c6cccnc6N)nc6cccnc65)cc4)CC3)c2s1. The second-order valence-electron chi connectivity index (χ2n) is 10.5. The number of hydrogen-bond acceptors (Lipinski definition) is 9. The van der Waals surface area contributed by atoms with Crippen molar-refractivity contribution in [2.75, 3.05) is 31.9 Å². The Balaban J connectivity index is 1.07. The number of rotatable bonds is 6. The molecular formula is C31H26FN9O2S. The lowest BCUT2D eigenvalue weighted by Gasteiger charge is -2.35. The van der Waals surface area contributed by atoms with Gasteiger partial charge in [-0.05, 0) is 48.0 Å². The number of anilines is 1. The zero-order chi connectivity index (χ0) is 30.4. The molecule has 0 saturated carbocycles. The van der Waals surface area contributed by atoms with Gasteiger partial charge < -0.3 is 16.4 Å². The first kappa shape index (κ1) is 27.6. The molecule has 4 N–H and O–H groups in total. The van der Waals surface area contributed by atoms with Gasteiger partial charge in [0.15, 0.2) is 16.5 Å². The number of primary amides is 1. The molecule has 7 rings (SSSR count). The number of carbonyl (C=O) groups excluding carboxylic acids is 2. The average molecular weight is 608 g/mol. The van der Waals surface area contributed by atoms with E-state index in [-0.39, 0.29) is 22.0 Å². The van der Waals surface area contributed by atoms with E-state index in [1.165, 1.54) is 12.1 Å². The first-order valence-electron chi connectivity index (χ1n) is 13.9. The van der Waals surface area contributed by atoms with Crippen molar-refractivity contribution in [3.8, 4) is 17.1 Å². The Kier molecular flexibility index (Phi) is 6.95. The predicted octanol–water partition coefficient (Wildman–Crippen LogP) is 3.87. The molecule has 5 heterocycles. The average Bonchev–Trinajstić information content (AvgIpc) is 3.64. The zero-order valence-electron chi connectivity index (χ0n) is 23.4. The maximum atomic E-state index is 14.3. The standard InChI is InChI=1S/C31H26FN9O2S/c32-19-15-22(25-24(16-19)38-30(44-25)27(34)42)31(43)40-13-11-39(12-14-40)17-18-5-7-20(8-6-18)41-28(21-3-1-9-35-26(21)33)37-23-4-2-10-36-29(23)41/h1-10,15-16H,11-14,17H2,(H2,33,35)(H2,34,42). The van der Waals surface area contributed by atoms with Crippen LogP contribution < -0.4 is 11.5 Å². The molecule has 1 aliphatic rings. The molecule has 13 heteroatoms. The van der Waals surface area contributed by atoms with Gasteiger partial charge in [0.1, 0.15) is 17.2 Å². The lowest BCUT2D eigenvalue weighted by Crippen LogP contribution is -2.48.